The van der Waals surface area contributed by atoms with Gasteiger partial charge in [0.15, 0.2) is 0 Å². The van der Waals surface area contributed by atoms with Gasteiger partial charge in [0.05, 0.1) is 29.6 Å². The number of hydrogen-bond donors (Lipinski definition) is 2. The van der Waals surface area contributed by atoms with Gasteiger partial charge < -0.3 is 15.8 Å². The van der Waals surface area contributed by atoms with Crippen molar-refractivity contribution in [2.45, 2.75) is 13.5 Å². The zero-order valence-corrected chi connectivity index (χ0v) is 16.8. The van der Waals surface area contributed by atoms with E-state index in [1.807, 2.05) is 55.5 Å². The summed E-state index contributed by atoms with van der Waals surface area (Å²) >= 11 is 0. The summed E-state index contributed by atoms with van der Waals surface area (Å²) < 4.78 is 4.89. The van der Waals surface area contributed by atoms with E-state index in [0.717, 1.165) is 33.3 Å². The maximum absolute atomic E-state index is 12.1. The molecule has 0 spiro atoms. The Labute approximate surface area is 174 Å². The van der Waals surface area contributed by atoms with Gasteiger partial charge in [-0.3, -0.25) is 0 Å². The highest BCUT2D eigenvalue weighted by Gasteiger charge is 2.14. The zero-order chi connectivity index (χ0) is 21.1. The minimum atomic E-state index is -0.377. The van der Waals surface area contributed by atoms with Crippen molar-refractivity contribution in [1.82, 2.24) is 9.97 Å². The number of pyridine rings is 2. The molecule has 6 heteroatoms. The highest BCUT2D eigenvalue weighted by molar-refractivity contribution is 5.97. The summed E-state index contributed by atoms with van der Waals surface area (Å²) in [6, 6.07) is 19.2. The lowest BCUT2D eigenvalue weighted by Gasteiger charge is -2.11. The monoisotopic (exact) mass is 398 g/mol. The normalized spacial score (nSPS) is 10.7. The first-order valence-electron chi connectivity index (χ1n) is 9.59. The first-order valence-corrected chi connectivity index (χ1v) is 9.59. The lowest BCUT2D eigenvalue weighted by Crippen LogP contribution is -2.05. The van der Waals surface area contributed by atoms with Gasteiger partial charge in [0, 0.05) is 23.7 Å². The number of nitrogen functional groups attached to an aromatic ring is 1. The molecule has 4 aromatic rings. The Hall–Kier alpha value is -3.93. The van der Waals surface area contributed by atoms with Crippen LogP contribution in [-0.4, -0.2) is 23.0 Å². The topological polar surface area (TPSA) is 90.1 Å². The highest BCUT2D eigenvalue weighted by atomic mass is 16.5. The van der Waals surface area contributed by atoms with Crippen LogP contribution in [0.1, 0.15) is 21.5 Å². The molecule has 0 radical (unpaired) electrons. The molecule has 0 atom stereocenters. The van der Waals surface area contributed by atoms with Crippen LogP contribution >= 0.6 is 0 Å². The highest BCUT2D eigenvalue weighted by Crippen LogP contribution is 2.26. The first kappa shape index (κ1) is 19.4. The van der Waals surface area contributed by atoms with Crippen LogP contribution in [0.3, 0.4) is 0 Å². The number of nitrogens with zero attached hydrogens (tertiary/aromatic N) is 2. The number of ether oxygens (including phenoxy) is 1. The maximum Gasteiger partial charge on any atom is 0.338 e. The van der Waals surface area contributed by atoms with Crippen LogP contribution in [-0.2, 0) is 11.3 Å². The standard InChI is InChI=1S/C24H22N4O2/c1-15-11-12-26-23(22(15)25)27-14-16-7-9-20-17(13-16)8-10-21(28-20)18-5-3-4-6-19(18)24(29)30-2/h3-13H,14,25H2,1-2H3,(H,26,27). The van der Waals surface area contributed by atoms with Crippen molar-refractivity contribution in [3.05, 3.63) is 83.6 Å². The largest absolute Gasteiger partial charge is 0.465 e. The molecule has 0 unspecified atom stereocenters. The quantitative estimate of drug-likeness (QED) is 0.478. The average Bonchev–Trinajstić information content (AvgIpc) is 2.79. The average molecular weight is 398 g/mol. The third-order valence-electron chi connectivity index (χ3n) is 5.03. The Morgan fingerprint density at radius 2 is 1.93 bits per heavy atom. The van der Waals surface area contributed by atoms with Crippen molar-refractivity contribution < 1.29 is 9.53 Å². The van der Waals surface area contributed by atoms with Crippen LogP contribution in [0.5, 0.6) is 0 Å². The summed E-state index contributed by atoms with van der Waals surface area (Å²) in [5.74, 6) is 0.306. The maximum atomic E-state index is 12.1. The number of esters is 1. The molecule has 0 saturated heterocycles. The molecule has 0 fully saturated rings. The Morgan fingerprint density at radius 3 is 2.77 bits per heavy atom. The second-order valence-electron chi connectivity index (χ2n) is 7.00. The lowest BCUT2D eigenvalue weighted by molar-refractivity contribution is 0.0601. The minimum absolute atomic E-state index is 0.377. The number of nitrogens with one attached hydrogen (secondary N) is 1. The Bertz CT molecular complexity index is 1240. The Kier molecular flexibility index (Phi) is 5.30. The van der Waals surface area contributed by atoms with Crippen LogP contribution in [0, 0.1) is 6.92 Å². The van der Waals surface area contributed by atoms with Crippen LogP contribution in [0.15, 0.2) is 66.9 Å². The number of nitrogens with two attached hydrogens (primary N) is 1. The molecule has 0 saturated carbocycles. The second kappa shape index (κ2) is 8.21. The summed E-state index contributed by atoms with van der Waals surface area (Å²) in [6.07, 6.45) is 1.74. The Balaban J connectivity index is 1.61. The van der Waals surface area contributed by atoms with Crippen LogP contribution in [0.4, 0.5) is 11.5 Å². The number of hydrogen-bond acceptors (Lipinski definition) is 6. The summed E-state index contributed by atoms with van der Waals surface area (Å²) in [4.78, 5) is 21.1. The smallest absolute Gasteiger partial charge is 0.338 e. The fraction of sp³-hybridized carbons (Fsp3) is 0.125. The molecule has 0 aliphatic carbocycles. The minimum Gasteiger partial charge on any atom is -0.465 e. The van der Waals surface area contributed by atoms with Crippen LogP contribution in [0.2, 0.25) is 0 Å². The molecular weight excluding hydrogens is 376 g/mol. The third kappa shape index (κ3) is 3.80. The van der Waals surface area contributed by atoms with E-state index in [4.69, 9.17) is 15.5 Å². The van der Waals surface area contributed by atoms with Gasteiger partial charge in [0.25, 0.3) is 0 Å². The van der Waals surface area contributed by atoms with Crippen LogP contribution < -0.4 is 11.1 Å². The number of fused-ring (bicyclic) bond motifs is 1. The number of rotatable bonds is 5. The number of aromatic nitrogens is 2. The van der Waals surface area contributed by atoms with E-state index in [-0.39, 0.29) is 5.97 Å². The molecule has 150 valence electrons. The van der Waals surface area contributed by atoms with E-state index in [0.29, 0.717) is 23.6 Å². The fourth-order valence-corrected chi connectivity index (χ4v) is 3.33. The summed E-state index contributed by atoms with van der Waals surface area (Å²) in [7, 11) is 1.38. The van der Waals surface area contributed by atoms with Crippen molar-refractivity contribution in [2.24, 2.45) is 0 Å². The van der Waals surface area contributed by atoms with Gasteiger partial charge in [-0.2, -0.15) is 0 Å². The first-order chi connectivity index (χ1) is 14.6. The van der Waals surface area contributed by atoms with Crippen molar-refractivity contribution in [3.63, 3.8) is 0 Å². The van der Waals surface area contributed by atoms with Crippen molar-refractivity contribution in [1.29, 1.82) is 0 Å². The van der Waals surface area contributed by atoms with Crippen molar-refractivity contribution >= 4 is 28.4 Å². The summed E-state index contributed by atoms with van der Waals surface area (Å²) in [5, 5.41) is 4.30. The number of carbonyl (C=O) groups is 1. The van der Waals surface area contributed by atoms with E-state index in [1.165, 1.54) is 7.11 Å². The molecule has 0 bridgehead atoms. The third-order valence-corrected chi connectivity index (χ3v) is 5.03. The van der Waals surface area contributed by atoms with Gasteiger partial charge in [0.2, 0.25) is 0 Å². The molecule has 2 aromatic heterocycles. The van der Waals surface area contributed by atoms with Gasteiger partial charge in [-0.05, 0) is 48.4 Å². The van der Waals surface area contributed by atoms with E-state index in [9.17, 15) is 4.79 Å². The molecular formula is C24H22N4O2. The number of methoxy groups -OCH3 is 1. The molecule has 0 aliphatic rings. The lowest BCUT2D eigenvalue weighted by atomic mass is 10.0. The molecule has 0 aliphatic heterocycles. The SMILES string of the molecule is COC(=O)c1ccccc1-c1ccc2cc(CNc3nccc(C)c3N)ccc2n1. The molecule has 2 aromatic carbocycles. The number of benzene rings is 2. The fourth-order valence-electron chi connectivity index (χ4n) is 3.33. The number of anilines is 2. The molecule has 2 heterocycles. The van der Waals surface area contributed by atoms with E-state index in [2.05, 4.69) is 16.4 Å². The Morgan fingerprint density at radius 1 is 1.10 bits per heavy atom. The van der Waals surface area contributed by atoms with E-state index < -0.39 is 0 Å². The van der Waals surface area contributed by atoms with Crippen LogP contribution in [0.25, 0.3) is 22.2 Å². The van der Waals surface area contributed by atoms with Gasteiger partial charge in [-0.1, -0.05) is 30.3 Å². The zero-order valence-electron chi connectivity index (χ0n) is 16.8. The predicted octanol–water partition coefficient (Wildman–Crippen LogP) is 4.59. The van der Waals surface area contributed by atoms with Gasteiger partial charge in [-0.15, -0.1) is 0 Å². The van der Waals surface area contributed by atoms with Crippen molar-refractivity contribution in [2.75, 3.05) is 18.2 Å². The molecule has 4 rings (SSSR count). The summed E-state index contributed by atoms with van der Waals surface area (Å²) in [6.45, 7) is 2.56. The van der Waals surface area contributed by atoms with E-state index in [1.54, 1.807) is 12.3 Å². The van der Waals surface area contributed by atoms with Gasteiger partial charge >= 0.3 is 5.97 Å². The van der Waals surface area contributed by atoms with Gasteiger partial charge in [-0.25, -0.2) is 14.8 Å². The number of aryl methyl sites for hydroxylation is 1. The van der Waals surface area contributed by atoms with Crippen molar-refractivity contribution in [3.8, 4) is 11.3 Å². The second-order valence-corrected chi connectivity index (χ2v) is 7.00. The molecule has 6 nitrogen and oxygen atoms in total. The molecule has 0 amide bonds. The predicted molar refractivity (Wildman–Crippen MR) is 119 cm³/mol. The molecule has 30 heavy (non-hydrogen) atoms. The van der Waals surface area contributed by atoms with Gasteiger partial charge in [0.1, 0.15) is 5.82 Å². The van der Waals surface area contributed by atoms with E-state index >= 15 is 0 Å². The summed E-state index contributed by atoms with van der Waals surface area (Å²) in [5.41, 5.74) is 11.7. The molecule has 3 N–H and O–H groups in total. The number of carbonyl (C=O) groups excluding carboxylic acids is 1.